The predicted molar refractivity (Wildman–Crippen MR) is 170 cm³/mol. The maximum absolute atomic E-state index is 9.88. The molecule has 0 atom stereocenters. The van der Waals surface area contributed by atoms with E-state index in [1.807, 2.05) is 24.3 Å². The van der Waals surface area contributed by atoms with E-state index in [1.54, 1.807) is 24.3 Å². The molecular formula is C35H51O3P. The van der Waals surface area contributed by atoms with Crippen molar-refractivity contribution < 1.29 is 14.7 Å². The molecule has 0 saturated carbocycles. The van der Waals surface area contributed by atoms with Crippen molar-refractivity contribution in [3.8, 4) is 17.2 Å². The number of phenols is 2. The Balaban J connectivity index is 2.03. The monoisotopic (exact) mass is 550 g/mol. The summed E-state index contributed by atoms with van der Waals surface area (Å²) in [6, 6.07) is 23.7. The minimum atomic E-state index is -2.41. The molecule has 3 aromatic rings. The zero-order chi connectivity index (χ0) is 28.2. The van der Waals surface area contributed by atoms with Gasteiger partial charge < -0.3 is 0 Å². The van der Waals surface area contributed by atoms with Crippen LogP contribution in [-0.2, 0) is 0 Å². The normalized spacial score (nSPS) is 12.8. The van der Waals surface area contributed by atoms with Gasteiger partial charge in [0.1, 0.15) is 0 Å². The van der Waals surface area contributed by atoms with E-state index >= 15 is 0 Å². The molecule has 214 valence electrons. The van der Waals surface area contributed by atoms with Crippen molar-refractivity contribution in [3.05, 3.63) is 89.5 Å². The van der Waals surface area contributed by atoms with Crippen LogP contribution in [0.2, 0.25) is 0 Å². The molecule has 0 aliphatic heterocycles. The molecule has 3 nitrogen and oxygen atoms in total. The summed E-state index contributed by atoms with van der Waals surface area (Å²) in [5, 5.41) is 19.8. The molecule has 3 aromatic carbocycles. The Morgan fingerprint density at radius 2 is 0.821 bits per heavy atom. The molecule has 0 saturated heterocycles. The third-order valence-corrected chi connectivity index (χ3v) is 14.9. The molecule has 0 radical (unpaired) electrons. The van der Waals surface area contributed by atoms with Gasteiger partial charge in [-0.25, -0.2) is 0 Å². The van der Waals surface area contributed by atoms with Gasteiger partial charge >= 0.3 is 238 Å². The average Bonchev–Trinajstić information content (AvgIpc) is 2.96. The van der Waals surface area contributed by atoms with Crippen molar-refractivity contribution in [1.82, 2.24) is 0 Å². The molecule has 0 bridgehead atoms. The fourth-order valence-corrected chi connectivity index (χ4v) is 12.9. The molecule has 0 spiro atoms. The van der Waals surface area contributed by atoms with Crippen LogP contribution in [0.4, 0.5) is 0 Å². The molecule has 0 fully saturated rings. The number of benzene rings is 3. The van der Waals surface area contributed by atoms with Crippen molar-refractivity contribution in [3.63, 3.8) is 0 Å². The molecule has 0 heterocycles. The first kappa shape index (κ1) is 31.0. The van der Waals surface area contributed by atoms with E-state index in [2.05, 4.69) is 52.0 Å². The maximum atomic E-state index is 9.88. The third-order valence-electron chi connectivity index (χ3n) is 8.34. The van der Waals surface area contributed by atoms with Crippen molar-refractivity contribution >= 4 is 6.83 Å². The van der Waals surface area contributed by atoms with E-state index < -0.39 is 6.83 Å². The minimum absolute atomic E-state index is 0.00385. The first-order chi connectivity index (χ1) is 18.9. The van der Waals surface area contributed by atoms with Crippen LogP contribution in [-0.4, -0.2) is 34.9 Å². The SMILES string of the molecule is CCCCP(CCCC)(CCCC)(CCCC)Oc1ccc(C(c2ccc(O)cc2)c2ccc(O)cc2)cc1. The predicted octanol–water partition coefficient (Wildman–Crippen LogP) is 10.3. The fraction of sp³-hybridized carbons (Fsp3) is 0.486. The van der Waals surface area contributed by atoms with E-state index in [1.165, 1.54) is 81.6 Å². The molecule has 2 N–H and O–H groups in total. The van der Waals surface area contributed by atoms with Gasteiger partial charge in [0, 0.05) is 0 Å². The van der Waals surface area contributed by atoms with E-state index in [4.69, 9.17) is 4.52 Å². The Hall–Kier alpha value is -2.51. The number of unbranched alkanes of at least 4 members (excludes halogenated alkanes) is 4. The second kappa shape index (κ2) is 14.8. The van der Waals surface area contributed by atoms with Crippen LogP contribution in [0.1, 0.15) is 102 Å². The van der Waals surface area contributed by atoms with Crippen LogP contribution < -0.4 is 4.52 Å². The number of rotatable bonds is 17. The molecular weight excluding hydrogens is 499 g/mol. The van der Waals surface area contributed by atoms with Gasteiger partial charge in [-0.1, -0.05) is 0 Å². The molecule has 0 aliphatic rings. The standard InChI is InChI=1S/C35H51O3P/c1-5-9-25-39(26-10-6-2,27-11-7-3,28-12-8-4)38-34-23-17-31(18-24-34)35(29-13-19-32(36)20-14-29)30-15-21-33(37)22-16-30/h13-24,35-37H,5-12,25-28H2,1-4H3. The van der Waals surface area contributed by atoms with Crippen LogP contribution >= 0.6 is 6.83 Å². The number of phenolic OH excluding ortho intramolecular Hbond substituents is 2. The molecule has 0 aromatic heterocycles. The van der Waals surface area contributed by atoms with E-state index in [0.717, 1.165) is 16.9 Å². The number of aromatic hydroxyl groups is 2. The second-order valence-corrected chi connectivity index (χ2v) is 17.1. The molecule has 3 rings (SSSR count). The summed E-state index contributed by atoms with van der Waals surface area (Å²) in [4.78, 5) is 0. The summed E-state index contributed by atoms with van der Waals surface area (Å²) in [7, 11) is 0. The molecule has 0 unspecified atom stereocenters. The first-order valence-corrected chi connectivity index (χ1v) is 18.2. The van der Waals surface area contributed by atoms with Crippen LogP contribution in [0.25, 0.3) is 0 Å². The summed E-state index contributed by atoms with van der Waals surface area (Å²) in [5.74, 6) is 1.54. The Kier molecular flexibility index (Phi) is 11.7. The van der Waals surface area contributed by atoms with Gasteiger partial charge in [-0.2, -0.15) is 0 Å². The zero-order valence-electron chi connectivity index (χ0n) is 24.7. The van der Waals surface area contributed by atoms with Crippen LogP contribution in [0, 0.1) is 0 Å². The Morgan fingerprint density at radius 1 is 0.513 bits per heavy atom. The van der Waals surface area contributed by atoms with Crippen molar-refractivity contribution in [2.24, 2.45) is 0 Å². The summed E-state index contributed by atoms with van der Waals surface area (Å²) < 4.78 is 7.44. The van der Waals surface area contributed by atoms with Gasteiger partial charge in [0.15, 0.2) is 0 Å². The van der Waals surface area contributed by atoms with Gasteiger partial charge in [0.05, 0.1) is 0 Å². The second-order valence-electron chi connectivity index (χ2n) is 11.4. The van der Waals surface area contributed by atoms with E-state index in [-0.39, 0.29) is 17.4 Å². The summed E-state index contributed by atoms with van der Waals surface area (Å²) in [6.07, 6.45) is 14.8. The zero-order valence-corrected chi connectivity index (χ0v) is 25.6. The number of hydrogen-bond donors (Lipinski definition) is 2. The Labute approximate surface area is 237 Å². The van der Waals surface area contributed by atoms with Gasteiger partial charge in [-0.05, 0) is 0 Å². The fourth-order valence-electron chi connectivity index (χ4n) is 6.02. The molecule has 4 heteroatoms. The topological polar surface area (TPSA) is 49.7 Å². The molecule has 0 amide bonds. The summed E-state index contributed by atoms with van der Waals surface area (Å²) in [6.45, 7) is 6.83. The summed E-state index contributed by atoms with van der Waals surface area (Å²) >= 11 is 0. The van der Waals surface area contributed by atoms with Gasteiger partial charge in [-0.15, -0.1) is 0 Å². The quantitative estimate of drug-likeness (QED) is 0.130. The van der Waals surface area contributed by atoms with Crippen molar-refractivity contribution in [2.75, 3.05) is 24.6 Å². The first-order valence-electron chi connectivity index (χ1n) is 15.3. The van der Waals surface area contributed by atoms with Crippen LogP contribution in [0.15, 0.2) is 72.8 Å². The van der Waals surface area contributed by atoms with E-state index in [0.29, 0.717) is 0 Å². The van der Waals surface area contributed by atoms with E-state index in [9.17, 15) is 10.2 Å². The van der Waals surface area contributed by atoms with Crippen molar-refractivity contribution in [2.45, 2.75) is 85.0 Å². The summed E-state index contributed by atoms with van der Waals surface area (Å²) in [5.41, 5.74) is 3.37. The Morgan fingerprint density at radius 3 is 1.13 bits per heavy atom. The van der Waals surface area contributed by atoms with Crippen LogP contribution in [0.5, 0.6) is 17.2 Å². The Bertz CT molecular complexity index is 1020. The van der Waals surface area contributed by atoms with Crippen molar-refractivity contribution in [1.29, 1.82) is 0 Å². The van der Waals surface area contributed by atoms with Gasteiger partial charge in [-0.3, -0.25) is 0 Å². The average molecular weight is 551 g/mol. The number of hydrogen-bond acceptors (Lipinski definition) is 3. The van der Waals surface area contributed by atoms with Gasteiger partial charge in [0.2, 0.25) is 0 Å². The molecule has 39 heavy (non-hydrogen) atoms. The van der Waals surface area contributed by atoms with Crippen LogP contribution in [0.3, 0.4) is 0 Å². The molecule has 0 aliphatic carbocycles. The van der Waals surface area contributed by atoms with Gasteiger partial charge in [0.25, 0.3) is 0 Å². The third kappa shape index (κ3) is 8.24.